The Kier molecular flexibility index (Phi) is 6.11. The minimum absolute atomic E-state index is 0.0608. The number of fused-ring (bicyclic) bond motifs is 2. The van der Waals surface area contributed by atoms with E-state index in [4.69, 9.17) is 0 Å². The lowest BCUT2D eigenvalue weighted by molar-refractivity contribution is -0.120. The number of nitrogens with one attached hydrogen (secondary N) is 2. The summed E-state index contributed by atoms with van der Waals surface area (Å²) in [5.41, 5.74) is 2.42. The van der Waals surface area contributed by atoms with Gasteiger partial charge < -0.3 is 10.6 Å². The molecule has 2 fully saturated rings. The Bertz CT molecular complexity index is 1060. The highest BCUT2D eigenvalue weighted by Gasteiger charge is 2.40. The van der Waals surface area contributed by atoms with Crippen LogP contribution in [0.5, 0.6) is 0 Å². The summed E-state index contributed by atoms with van der Waals surface area (Å²) in [6.45, 7) is 6.06. The monoisotopic (exact) mass is 440 g/mol. The second kappa shape index (κ2) is 8.65. The van der Waals surface area contributed by atoms with Crippen molar-refractivity contribution in [1.82, 2.24) is 5.32 Å². The molecule has 6 heteroatoms. The van der Waals surface area contributed by atoms with Gasteiger partial charge in [0.25, 0.3) is 0 Å². The van der Waals surface area contributed by atoms with E-state index in [1.165, 1.54) is 19.3 Å². The van der Waals surface area contributed by atoms with Gasteiger partial charge in [-0.2, -0.15) is 0 Å². The van der Waals surface area contributed by atoms with Crippen LogP contribution >= 0.6 is 0 Å². The molecule has 0 aromatic heterocycles. The highest BCUT2D eigenvalue weighted by Crippen LogP contribution is 2.44. The molecule has 1 amide bonds. The van der Waals surface area contributed by atoms with Gasteiger partial charge in [0.2, 0.25) is 15.7 Å². The fraction of sp³-hybridized carbons (Fsp3) is 0.480. The van der Waals surface area contributed by atoms with E-state index in [0.717, 1.165) is 23.5 Å². The molecule has 0 aliphatic heterocycles. The SMILES string of the molecule is Cc1ccc(S(=O)(=O)c2cc(C(C)C)ccc2NCC(=O)NC2CC3CCC2C3)cc1. The summed E-state index contributed by atoms with van der Waals surface area (Å²) >= 11 is 0. The van der Waals surface area contributed by atoms with E-state index in [2.05, 4.69) is 10.6 Å². The topological polar surface area (TPSA) is 75.3 Å². The molecule has 2 aromatic carbocycles. The average molecular weight is 441 g/mol. The summed E-state index contributed by atoms with van der Waals surface area (Å²) < 4.78 is 26.8. The van der Waals surface area contributed by atoms with E-state index in [1.54, 1.807) is 36.4 Å². The van der Waals surface area contributed by atoms with Crippen molar-refractivity contribution in [3.8, 4) is 0 Å². The molecule has 3 unspecified atom stereocenters. The Balaban J connectivity index is 1.54. The molecule has 5 nitrogen and oxygen atoms in total. The van der Waals surface area contributed by atoms with Crippen LogP contribution in [0.3, 0.4) is 0 Å². The highest BCUT2D eigenvalue weighted by molar-refractivity contribution is 7.91. The third-order valence-electron chi connectivity index (χ3n) is 6.82. The van der Waals surface area contributed by atoms with Gasteiger partial charge in [0.05, 0.1) is 22.0 Å². The van der Waals surface area contributed by atoms with E-state index in [0.29, 0.717) is 11.6 Å². The molecule has 2 N–H and O–H groups in total. The largest absolute Gasteiger partial charge is 0.375 e. The van der Waals surface area contributed by atoms with Crippen LogP contribution in [-0.2, 0) is 14.6 Å². The molecule has 2 aliphatic rings. The van der Waals surface area contributed by atoms with Crippen LogP contribution in [0.2, 0.25) is 0 Å². The molecule has 166 valence electrons. The minimum Gasteiger partial charge on any atom is -0.375 e. The van der Waals surface area contributed by atoms with Crippen LogP contribution in [0.15, 0.2) is 52.3 Å². The molecular weight excluding hydrogens is 408 g/mol. The zero-order chi connectivity index (χ0) is 22.2. The molecule has 0 radical (unpaired) electrons. The number of hydrogen-bond donors (Lipinski definition) is 2. The number of aryl methyl sites for hydroxylation is 1. The third kappa shape index (κ3) is 4.64. The van der Waals surface area contributed by atoms with Gasteiger partial charge in [0.15, 0.2) is 0 Å². The first-order valence-electron chi connectivity index (χ1n) is 11.2. The summed E-state index contributed by atoms with van der Waals surface area (Å²) in [5, 5.41) is 6.25. The Morgan fingerprint density at radius 2 is 1.81 bits per heavy atom. The minimum atomic E-state index is -3.71. The van der Waals surface area contributed by atoms with Crippen molar-refractivity contribution in [2.24, 2.45) is 11.8 Å². The molecule has 0 heterocycles. The van der Waals surface area contributed by atoms with Crippen LogP contribution in [0.4, 0.5) is 5.69 Å². The number of rotatable bonds is 7. The van der Waals surface area contributed by atoms with Gasteiger partial charge in [0, 0.05) is 6.04 Å². The zero-order valence-corrected chi connectivity index (χ0v) is 19.3. The second-order valence-corrected chi connectivity index (χ2v) is 11.3. The summed E-state index contributed by atoms with van der Waals surface area (Å²) in [6.07, 6.45) is 4.80. The maximum Gasteiger partial charge on any atom is 0.239 e. The molecule has 2 aromatic rings. The van der Waals surface area contributed by atoms with Gasteiger partial charge in [-0.1, -0.05) is 44.0 Å². The molecule has 4 rings (SSSR count). The molecule has 2 aliphatic carbocycles. The smallest absolute Gasteiger partial charge is 0.239 e. The van der Waals surface area contributed by atoms with Crippen molar-refractivity contribution in [2.45, 2.75) is 68.2 Å². The first-order valence-corrected chi connectivity index (χ1v) is 12.7. The van der Waals surface area contributed by atoms with Crippen LogP contribution in [-0.4, -0.2) is 26.9 Å². The fourth-order valence-electron chi connectivity index (χ4n) is 4.97. The second-order valence-electron chi connectivity index (χ2n) is 9.43. The quantitative estimate of drug-likeness (QED) is 0.656. The lowest BCUT2D eigenvalue weighted by atomic mass is 9.95. The zero-order valence-electron chi connectivity index (χ0n) is 18.5. The van der Waals surface area contributed by atoms with Crippen molar-refractivity contribution in [1.29, 1.82) is 0 Å². The van der Waals surface area contributed by atoms with Gasteiger partial charge >= 0.3 is 0 Å². The molecule has 0 spiro atoms. The normalized spacial score (nSPS) is 22.6. The third-order valence-corrected chi connectivity index (χ3v) is 8.63. The highest BCUT2D eigenvalue weighted by atomic mass is 32.2. The van der Waals surface area contributed by atoms with Gasteiger partial charge in [-0.05, 0) is 73.8 Å². The maximum atomic E-state index is 13.4. The molecule has 0 saturated heterocycles. The fourth-order valence-corrected chi connectivity index (χ4v) is 6.43. The molecule has 3 atom stereocenters. The lowest BCUT2D eigenvalue weighted by Crippen LogP contribution is -2.41. The Morgan fingerprint density at radius 1 is 1.06 bits per heavy atom. The standard InChI is InChI=1S/C25H32N2O3S/c1-16(2)19-8-11-22(24(14-19)31(29,30)21-9-4-17(3)5-10-21)26-15-25(28)27-23-13-18-6-7-20(23)12-18/h4-5,8-11,14,16,18,20,23,26H,6-7,12-13,15H2,1-3H3,(H,27,28). The number of sulfone groups is 1. The predicted octanol–water partition coefficient (Wildman–Crippen LogP) is 4.67. The maximum absolute atomic E-state index is 13.4. The van der Waals surface area contributed by atoms with Gasteiger partial charge in [-0.3, -0.25) is 4.79 Å². The first kappa shape index (κ1) is 21.9. The molecular formula is C25H32N2O3S. The van der Waals surface area contributed by atoms with Crippen LogP contribution in [0.1, 0.15) is 56.6 Å². The van der Waals surface area contributed by atoms with Crippen LogP contribution in [0, 0.1) is 18.8 Å². The summed E-state index contributed by atoms with van der Waals surface area (Å²) in [7, 11) is -3.71. The van der Waals surface area contributed by atoms with Gasteiger partial charge in [-0.25, -0.2) is 8.42 Å². The number of hydrogen-bond acceptors (Lipinski definition) is 4. The van der Waals surface area contributed by atoms with E-state index in [-0.39, 0.29) is 34.2 Å². The molecule has 2 bridgehead atoms. The average Bonchev–Trinajstić information content (AvgIpc) is 3.35. The summed E-state index contributed by atoms with van der Waals surface area (Å²) in [5.74, 6) is 1.49. The van der Waals surface area contributed by atoms with Crippen LogP contribution < -0.4 is 10.6 Å². The number of carbonyl (C=O) groups excluding carboxylic acids is 1. The van der Waals surface area contributed by atoms with Crippen molar-refractivity contribution in [2.75, 3.05) is 11.9 Å². The van der Waals surface area contributed by atoms with Crippen molar-refractivity contribution >= 4 is 21.4 Å². The van der Waals surface area contributed by atoms with E-state index < -0.39 is 9.84 Å². The van der Waals surface area contributed by atoms with Gasteiger partial charge in [-0.15, -0.1) is 0 Å². The Labute approximate surface area is 185 Å². The number of benzene rings is 2. The number of amides is 1. The number of anilines is 1. The number of carbonyl (C=O) groups is 1. The first-order chi connectivity index (χ1) is 14.7. The van der Waals surface area contributed by atoms with Crippen molar-refractivity contribution in [3.63, 3.8) is 0 Å². The Morgan fingerprint density at radius 3 is 2.42 bits per heavy atom. The lowest BCUT2D eigenvalue weighted by Gasteiger charge is -2.23. The Hall–Kier alpha value is -2.34. The van der Waals surface area contributed by atoms with E-state index >= 15 is 0 Å². The summed E-state index contributed by atoms with van der Waals surface area (Å²) in [6, 6.07) is 12.6. The van der Waals surface area contributed by atoms with Gasteiger partial charge in [0.1, 0.15) is 0 Å². The molecule has 31 heavy (non-hydrogen) atoms. The van der Waals surface area contributed by atoms with E-state index in [9.17, 15) is 13.2 Å². The van der Waals surface area contributed by atoms with Crippen molar-refractivity contribution < 1.29 is 13.2 Å². The van der Waals surface area contributed by atoms with Crippen molar-refractivity contribution in [3.05, 3.63) is 53.6 Å². The van der Waals surface area contributed by atoms with Crippen LogP contribution in [0.25, 0.3) is 0 Å². The molecule has 2 saturated carbocycles. The summed E-state index contributed by atoms with van der Waals surface area (Å²) in [4.78, 5) is 13.0. The van der Waals surface area contributed by atoms with E-state index in [1.807, 2.05) is 26.8 Å². The predicted molar refractivity (Wildman–Crippen MR) is 123 cm³/mol.